The van der Waals surface area contributed by atoms with Crippen LogP contribution in [0, 0.1) is 0 Å². The molecule has 0 fully saturated rings. The van der Waals surface area contributed by atoms with E-state index < -0.39 is 0 Å². The van der Waals surface area contributed by atoms with Gasteiger partial charge in [0.2, 0.25) is 5.82 Å². The molecule has 2 aromatic rings. The Morgan fingerprint density at radius 1 is 1.44 bits per heavy atom. The van der Waals surface area contributed by atoms with Crippen LogP contribution in [0.25, 0.3) is 0 Å². The molecule has 94 valence electrons. The number of nitrogens with one attached hydrogen (secondary N) is 1. The Labute approximate surface area is 109 Å². The number of thioether (sulfide) groups is 1. The van der Waals surface area contributed by atoms with E-state index >= 15 is 0 Å². The second-order valence-electron chi connectivity index (χ2n) is 3.85. The topological polar surface area (TPSA) is 60.2 Å². The molecule has 1 aromatic carbocycles. The Balaban J connectivity index is 1.78. The number of hydrogen-bond acceptors (Lipinski definition) is 6. The summed E-state index contributed by atoms with van der Waals surface area (Å²) in [5.74, 6) is 2.27. The Hall–Kier alpha value is -1.69. The fourth-order valence-corrected chi connectivity index (χ4v) is 2.72. The first kappa shape index (κ1) is 11.4. The molecule has 0 saturated carbocycles. The quantitative estimate of drug-likeness (QED) is 0.918. The van der Waals surface area contributed by atoms with E-state index in [9.17, 15) is 0 Å². The average molecular weight is 263 g/mol. The number of anilines is 1. The van der Waals surface area contributed by atoms with E-state index in [1.807, 2.05) is 25.1 Å². The molecule has 1 atom stereocenters. The highest BCUT2D eigenvalue weighted by atomic mass is 32.2. The van der Waals surface area contributed by atoms with Gasteiger partial charge < -0.3 is 14.6 Å². The van der Waals surface area contributed by atoms with Gasteiger partial charge in [0.15, 0.2) is 6.10 Å². The fourth-order valence-electron chi connectivity index (χ4n) is 1.74. The first-order valence-electron chi connectivity index (χ1n) is 5.83. The number of nitrogens with zero attached hydrogens (tertiary/aromatic N) is 2. The number of aromatic nitrogens is 2. The van der Waals surface area contributed by atoms with Gasteiger partial charge in [-0.05, 0) is 19.1 Å². The average Bonchev–Trinajstić information content (AvgIpc) is 2.87. The second-order valence-corrected chi connectivity index (χ2v) is 4.91. The summed E-state index contributed by atoms with van der Waals surface area (Å²) in [6, 6.07) is 8.42. The molecule has 1 aliphatic heterocycles. The third-order valence-electron chi connectivity index (χ3n) is 2.57. The molecule has 1 aliphatic rings. The zero-order valence-electron chi connectivity index (χ0n) is 9.92. The Bertz CT molecular complexity index is 544. The Kier molecular flexibility index (Phi) is 3.10. The van der Waals surface area contributed by atoms with Crippen LogP contribution in [-0.4, -0.2) is 22.4 Å². The van der Waals surface area contributed by atoms with Crippen LogP contribution in [0.3, 0.4) is 0 Å². The summed E-state index contributed by atoms with van der Waals surface area (Å²) in [6.07, 6.45) is -0.152. The molecule has 6 heteroatoms. The molecule has 0 aliphatic carbocycles. The van der Waals surface area contributed by atoms with E-state index in [-0.39, 0.29) is 6.10 Å². The smallest absolute Gasteiger partial charge is 0.321 e. The lowest BCUT2D eigenvalue weighted by atomic mass is 10.3. The Morgan fingerprint density at radius 3 is 3.22 bits per heavy atom. The van der Waals surface area contributed by atoms with E-state index in [1.54, 1.807) is 11.8 Å². The van der Waals surface area contributed by atoms with Crippen molar-refractivity contribution >= 4 is 17.8 Å². The van der Waals surface area contributed by atoms with Crippen LogP contribution < -0.4 is 10.1 Å². The van der Waals surface area contributed by atoms with Crippen molar-refractivity contribution in [2.75, 3.05) is 17.6 Å². The van der Waals surface area contributed by atoms with Gasteiger partial charge in [-0.1, -0.05) is 17.3 Å². The van der Waals surface area contributed by atoms with Gasteiger partial charge in [0.05, 0.1) is 0 Å². The lowest BCUT2D eigenvalue weighted by Gasteiger charge is -2.22. The third kappa shape index (κ3) is 2.15. The zero-order valence-corrected chi connectivity index (χ0v) is 10.7. The molecule has 3 rings (SSSR count). The van der Waals surface area contributed by atoms with Crippen molar-refractivity contribution in [2.45, 2.75) is 17.9 Å². The predicted molar refractivity (Wildman–Crippen MR) is 69.0 cm³/mol. The number of benzene rings is 1. The van der Waals surface area contributed by atoms with E-state index in [2.05, 4.69) is 21.5 Å². The maximum Gasteiger partial charge on any atom is 0.321 e. The van der Waals surface area contributed by atoms with Gasteiger partial charge in [0, 0.05) is 17.2 Å². The molecule has 0 bridgehead atoms. The number of para-hydroxylation sites is 1. The number of ether oxygens (including phenoxy) is 1. The highest BCUT2D eigenvalue weighted by Gasteiger charge is 2.25. The maximum absolute atomic E-state index is 5.88. The van der Waals surface area contributed by atoms with Crippen molar-refractivity contribution in [2.24, 2.45) is 0 Å². The monoisotopic (exact) mass is 263 g/mol. The number of fused-ring (bicyclic) bond motifs is 1. The van der Waals surface area contributed by atoms with Crippen molar-refractivity contribution in [3.05, 3.63) is 30.1 Å². The minimum Gasteiger partial charge on any atom is -0.480 e. The minimum atomic E-state index is -0.152. The van der Waals surface area contributed by atoms with E-state index in [0.717, 1.165) is 22.9 Å². The predicted octanol–water partition coefficient (Wildman–Crippen LogP) is 2.73. The summed E-state index contributed by atoms with van der Waals surface area (Å²) in [6.45, 7) is 2.73. The summed E-state index contributed by atoms with van der Waals surface area (Å²) >= 11 is 1.75. The summed E-state index contributed by atoms with van der Waals surface area (Å²) in [7, 11) is 0. The molecule has 0 spiro atoms. The van der Waals surface area contributed by atoms with Crippen LogP contribution in [-0.2, 0) is 0 Å². The molecule has 0 amide bonds. The number of rotatable bonds is 3. The van der Waals surface area contributed by atoms with Crippen LogP contribution in [0.2, 0.25) is 0 Å². The van der Waals surface area contributed by atoms with Crippen LogP contribution in [0.4, 0.5) is 6.01 Å². The van der Waals surface area contributed by atoms with Crippen LogP contribution in [0.5, 0.6) is 5.75 Å². The summed E-state index contributed by atoms with van der Waals surface area (Å²) in [5.41, 5.74) is 0. The van der Waals surface area contributed by atoms with Gasteiger partial charge in [-0.15, -0.1) is 11.8 Å². The lowest BCUT2D eigenvalue weighted by Crippen LogP contribution is -2.16. The van der Waals surface area contributed by atoms with Gasteiger partial charge in [0.1, 0.15) is 5.75 Å². The van der Waals surface area contributed by atoms with Gasteiger partial charge in [-0.25, -0.2) is 0 Å². The van der Waals surface area contributed by atoms with Crippen molar-refractivity contribution in [3.63, 3.8) is 0 Å². The molecule has 0 saturated heterocycles. The third-order valence-corrected chi connectivity index (χ3v) is 3.68. The van der Waals surface area contributed by atoms with Crippen molar-refractivity contribution in [3.8, 4) is 5.75 Å². The van der Waals surface area contributed by atoms with Crippen molar-refractivity contribution < 1.29 is 9.26 Å². The largest absolute Gasteiger partial charge is 0.480 e. The van der Waals surface area contributed by atoms with Gasteiger partial charge in [-0.3, -0.25) is 0 Å². The fraction of sp³-hybridized carbons (Fsp3) is 0.333. The molecule has 1 aromatic heterocycles. The standard InChI is InChI=1S/C12H13N3O2S/c1-2-13-12-14-11(15-17-12)9-7-18-10-6-4-3-5-8(10)16-9/h3-6,9H,2,7H2,1H3,(H,13,14,15). The molecular formula is C12H13N3O2S. The van der Waals surface area contributed by atoms with Gasteiger partial charge >= 0.3 is 6.01 Å². The molecule has 18 heavy (non-hydrogen) atoms. The first-order valence-corrected chi connectivity index (χ1v) is 6.81. The molecule has 1 N–H and O–H groups in total. The second kappa shape index (κ2) is 4.89. The highest BCUT2D eigenvalue weighted by molar-refractivity contribution is 7.99. The van der Waals surface area contributed by atoms with Gasteiger partial charge in [0.25, 0.3) is 0 Å². The van der Waals surface area contributed by atoms with E-state index in [0.29, 0.717) is 11.8 Å². The van der Waals surface area contributed by atoms with Crippen LogP contribution in [0.1, 0.15) is 18.9 Å². The molecule has 5 nitrogen and oxygen atoms in total. The van der Waals surface area contributed by atoms with Crippen LogP contribution >= 0.6 is 11.8 Å². The Morgan fingerprint density at radius 2 is 2.33 bits per heavy atom. The summed E-state index contributed by atoms with van der Waals surface area (Å²) in [5, 5.41) is 6.93. The minimum absolute atomic E-state index is 0.152. The van der Waals surface area contributed by atoms with Crippen molar-refractivity contribution in [1.82, 2.24) is 10.1 Å². The molecule has 1 unspecified atom stereocenters. The summed E-state index contributed by atoms with van der Waals surface area (Å²) in [4.78, 5) is 5.43. The molecular weight excluding hydrogens is 250 g/mol. The highest BCUT2D eigenvalue weighted by Crippen LogP contribution is 2.39. The van der Waals surface area contributed by atoms with E-state index in [4.69, 9.17) is 9.26 Å². The first-order chi connectivity index (χ1) is 8.86. The molecule has 0 radical (unpaired) electrons. The van der Waals surface area contributed by atoms with Crippen LogP contribution in [0.15, 0.2) is 33.7 Å². The van der Waals surface area contributed by atoms with Crippen molar-refractivity contribution in [1.29, 1.82) is 0 Å². The van der Waals surface area contributed by atoms with Gasteiger partial charge in [-0.2, -0.15) is 4.98 Å². The number of hydrogen-bond donors (Lipinski definition) is 1. The normalized spacial score (nSPS) is 17.9. The SMILES string of the molecule is CCNc1nc(C2CSc3ccccc3O2)no1. The van der Waals surface area contributed by atoms with E-state index in [1.165, 1.54) is 0 Å². The maximum atomic E-state index is 5.88. The molecule has 2 heterocycles. The summed E-state index contributed by atoms with van der Waals surface area (Å²) < 4.78 is 11.0. The lowest BCUT2D eigenvalue weighted by molar-refractivity contribution is 0.205. The zero-order chi connectivity index (χ0) is 12.4.